The lowest BCUT2D eigenvalue weighted by Crippen LogP contribution is -2.27. The molecule has 2 aromatic heterocycles. The van der Waals surface area contributed by atoms with Crippen LogP contribution < -0.4 is 0 Å². The van der Waals surface area contributed by atoms with Crippen LogP contribution in [-0.4, -0.2) is 40.2 Å². The second-order valence-corrected chi connectivity index (χ2v) is 8.06. The molecule has 168 valence electrons. The standard InChI is InChI=1S/C23H17NO8S/c1-12-3-4-13(21(26)27)9-16(12)17-7-5-14(31-17)10-19-20(25)24(23(29)33-19)11-15-6-8-18(32-15)22(28)30-2/h3-10H,11H2,1-2H3,(H,26,27). The van der Waals surface area contributed by atoms with E-state index in [0.717, 1.165) is 22.2 Å². The number of carboxylic acid groups (broad SMARTS) is 1. The number of amides is 2. The van der Waals surface area contributed by atoms with Gasteiger partial charge < -0.3 is 18.7 Å². The summed E-state index contributed by atoms with van der Waals surface area (Å²) in [6.07, 6.45) is 1.45. The molecule has 1 aliphatic rings. The number of carbonyl (C=O) groups excluding carboxylic acids is 3. The van der Waals surface area contributed by atoms with Crippen LogP contribution in [0.15, 0.2) is 56.2 Å². The maximum atomic E-state index is 12.7. The van der Waals surface area contributed by atoms with E-state index < -0.39 is 23.1 Å². The number of imide groups is 1. The molecule has 0 bridgehead atoms. The number of ether oxygens (including phenoxy) is 1. The van der Waals surface area contributed by atoms with Gasteiger partial charge in [-0.3, -0.25) is 14.5 Å². The molecule has 2 amide bonds. The molecule has 1 aromatic carbocycles. The second-order valence-electron chi connectivity index (χ2n) is 7.06. The Labute approximate surface area is 191 Å². The van der Waals surface area contributed by atoms with Gasteiger partial charge in [-0.25, -0.2) is 9.59 Å². The maximum Gasteiger partial charge on any atom is 0.373 e. The molecule has 33 heavy (non-hydrogen) atoms. The Morgan fingerprint density at radius 2 is 1.91 bits per heavy atom. The van der Waals surface area contributed by atoms with Crippen molar-refractivity contribution in [3.05, 3.63) is 75.8 Å². The van der Waals surface area contributed by atoms with Crippen LogP contribution in [0.1, 0.15) is 38.0 Å². The first-order chi connectivity index (χ1) is 15.8. The molecule has 0 atom stereocenters. The number of furan rings is 2. The number of methoxy groups -OCH3 is 1. The minimum atomic E-state index is -1.05. The molecule has 3 heterocycles. The van der Waals surface area contributed by atoms with Crippen molar-refractivity contribution < 1.29 is 37.9 Å². The molecule has 0 spiro atoms. The number of hydrogen-bond donors (Lipinski definition) is 1. The summed E-state index contributed by atoms with van der Waals surface area (Å²) in [6, 6.07) is 10.9. The Hall–Kier alpha value is -4.05. The van der Waals surface area contributed by atoms with Crippen LogP contribution in [0.5, 0.6) is 0 Å². The number of nitrogens with zero attached hydrogens (tertiary/aromatic N) is 1. The summed E-state index contributed by atoms with van der Waals surface area (Å²) in [7, 11) is 1.22. The molecule has 1 fully saturated rings. The number of carboxylic acids is 1. The third-order valence-corrected chi connectivity index (χ3v) is 5.79. The predicted molar refractivity (Wildman–Crippen MR) is 117 cm³/mol. The summed E-state index contributed by atoms with van der Waals surface area (Å²) in [5.41, 5.74) is 1.57. The summed E-state index contributed by atoms with van der Waals surface area (Å²) in [5.74, 6) is -1.23. The van der Waals surface area contributed by atoms with E-state index >= 15 is 0 Å². The van der Waals surface area contributed by atoms with Gasteiger partial charge in [0.25, 0.3) is 11.1 Å². The number of hydrogen-bond acceptors (Lipinski definition) is 8. The number of esters is 1. The minimum absolute atomic E-state index is 0.0274. The van der Waals surface area contributed by atoms with E-state index in [1.165, 1.54) is 37.5 Å². The lowest BCUT2D eigenvalue weighted by molar-refractivity contribution is -0.123. The van der Waals surface area contributed by atoms with Crippen LogP contribution in [-0.2, 0) is 16.1 Å². The fourth-order valence-corrected chi connectivity index (χ4v) is 4.01. The van der Waals surface area contributed by atoms with Gasteiger partial charge in [0.15, 0.2) is 0 Å². The van der Waals surface area contributed by atoms with Crippen LogP contribution >= 0.6 is 11.8 Å². The highest BCUT2D eigenvalue weighted by Crippen LogP contribution is 2.35. The highest BCUT2D eigenvalue weighted by molar-refractivity contribution is 8.18. The average molecular weight is 467 g/mol. The molecule has 9 nitrogen and oxygen atoms in total. The van der Waals surface area contributed by atoms with E-state index in [4.69, 9.17) is 8.83 Å². The van der Waals surface area contributed by atoms with Gasteiger partial charge in [-0.1, -0.05) is 6.07 Å². The van der Waals surface area contributed by atoms with E-state index in [0.29, 0.717) is 17.1 Å². The van der Waals surface area contributed by atoms with Gasteiger partial charge in [-0.15, -0.1) is 0 Å². The predicted octanol–water partition coefficient (Wildman–Crippen LogP) is 4.57. The van der Waals surface area contributed by atoms with Crippen LogP contribution in [0, 0.1) is 6.92 Å². The van der Waals surface area contributed by atoms with E-state index in [-0.39, 0.29) is 28.5 Å². The Kier molecular flexibility index (Phi) is 5.93. The zero-order valence-corrected chi connectivity index (χ0v) is 18.3. The summed E-state index contributed by atoms with van der Waals surface area (Å²) in [4.78, 5) is 49.1. The molecule has 0 saturated carbocycles. The Bertz CT molecular complexity index is 1320. The largest absolute Gasteiger partial charge is 0.478 e. The fourth-order valence-electron chi connectivity index (χ4n) is 3.19. The number of aryl methyl sites for hydroxylation is 1. The van der Waals surface area contributed by atoms with Gasteiger partial charge in [0.05, 0.1) is 24.1 Å². The van der Waals surface area contributed by atoms with Gasteiger partial charge in [0, 0.05) is 11.6 Å². The highest BCUT2D eigenvalue weighted by atomic mass is 32.2. The first kappa shape index (κ1) is 22.2. The summed E-state index contributed by atoms with van der Waals surface area (Å²) in [5, 5.41) is 8.73. The molecular formula is C23H17NO8S. The topological polar surface area (TPSA) is 127 Å². The third-order valence-electron chi connectivity index (χ3n) is 4.89. The highest BCUT2D eigenvalue weighted by Gasteiger charge is 2.36. The van der Waals surface area contributed by atoms with Crippen LogP contribution in [0.2, 0.25) is 0 Å². The molecule has 0 aliphatic carbocycles. The molecule has 1 N–H and O–H groups in total. The van der Waals surface area contributed by atoms with Crippen molar-refractivity contribution in [1.82, 2.24) is 4.90 Å². The first-order valence-electron chi connectivity index (χ1n) is 9.63. The van der Waals surface area contributed by atoms with Crippen LogP contribution in [0.3, 0.4) is 0 Å². The van der Waals surface area contributed by atoms with Gasteiger partial charge in [-0.05, 0) is 60.6 Å². The van der Waals surface area contributed by atoms with Crippen molar-refractivity contribution in [2.24, 2.45) is 0 Å². The van der Waals surface area contributed by atoms with Crippen LogP contribution in [0.25, 0.3) is 17.4 Å². The van der Waals surface area contributed by atoms with E-state index in [1.807, 2.05) is 6.92 Å². The third kappa shape index (κ3) is 4.46. The molecule has 0 unspecified atom stereocenters. The zero-order chi connectivity index (χ0) is 23.7. The van der Waals surface area contributed by atoms with Crippen LogP contribution in [0.4, 0.5) is 4.79 Å². The monoisotopic (exact) mass is 467 g/mol. The van der Waals surface area contributed by atoms with Crippen molar-refractivity contribution in [3.8, 4) is 11.3 Å². The molecule has 3 aromatic rings. The number of thioether (sulfide) groups is 1. The van der Waals surface area contributed by atoms with Gasteiger partial charge in [0.2, 0.25) is 5.76 Å². The summed E-state index contributed by atoms with van der Waals surface area (Å²) < 4.78 is 15.7. The molecule has 10 heteroatoms. The smallest absolute Gasteiger partial charge is 0.373 e. The minimum Gasteiger partial charge on any atom is -0.478 e. The van der Waals surface area contributed by atoms with Gasteiger partial charge >= 0.3 is 11.9 Å². The van der Waals surface area contributed by atoms with Crippen molar-refractivity contribution in [3.63, 3.8) is 0 Å². The Balaban J connectivity index is 1.53. The molecule has 0 radical (unpaired) electrons. The fraction of sp³-hybridized carbons (Fsp3) is 0.130. The average Bonchev–Trinajstić information content (AvgIpc) is 3.51. The lowest BCUT2D eigenvalue weighted by atomic mass is 10.0. The number of rotatable bonds is 6. The lowest BCUT2D eigenvalue weighted by Gasteiger charge is -2.09. The summed E-state index contributed by atoms with van der Waals surface area (Å²) in [6.45, 7) is 1.69. The SMILES string of the molecule is COC(=O)c1ccc(CN2C(=O)SC(=Cc3ccc(-c4cc(C(=O)O)ccc4C)o3)C2=O)o1. The van der Waals surface area contributed by atoms with E-state index in [9.17, 15) is 24.3 Å². The molecule has 1 saturated heterocycles. The van der Waals surface area contributed by atoms with Gasteiger partial charge in [-0.2, -0.15) is 0 Å². The Morgan fingerprint density at radius 3 is 2.64 bits per heavy atom. The normalized spacial score (nSPS) is 14.8. The first-order valence-corrected chi connectivity index (χ1v) is 10.4. The molecular weight excluding hydrogens is 450 g/mol. The number of benzene rings is 1. The summed E-state index contributed by atoms with van der Waals surface area (Å²) >= 11 is 0.756. The van der Waals surface area contributed by atoms with Crippen molar-refractivity contribution in [2.75, 3.05) is 7.11 Å². The second kappa shape index (κ2) is 8.83. The Morgan fingerprint density at radius 1 is 1.12 bits per heavy atom. The van der Waals surface area contributed by atoms with Crippen molar-refractivity contribution in [2.45, 2.75) is 13.5 Å². The number of aromatic carboxylic acids is 1. The van der Waals surface area contributed by atoms with E-state index in [1.54, 1.807) is 18.2 Å². The maximum absolute atomic E-state index is 12.7. The van der Waals surface area contributed by atoms with Gasteiger partial charge in [0.1, 0.15) is 17.3 Å². The number of carbonyl (C=O) groups is 4. The quantitative estimate of drug-likeness (QED) is 0.409. The van der Waals surface area contributed by atoms with Crippen molar-refractivity contribution in [1.29, 1.82) is 0 Å². The molecule has 4 rings (SSSR count). The van der Waals surface area contributed by atoms with Crippen molar-refractivity contribution >= 4 is 40.9 Å². The zero-order valence-electron chi connectivity index (χ0n) is 17.5. The molecule has 1 aliphatic heterocycles. The van der Waals surface area contributed by atoms with E-state index in [2.05, 4.69) is 4.74 Å².